The Labute approximate surface area is 101 Å². The van der Waals surface area contributed by atoms with Crippen molar-refractivity contribution in [3.05, 3.63) is 0 Å². The Morgan fingerprint density at radius 3 is 2.44 bits per heavy atom. The maximum atomic E-state index is 8.59. The summed E-state index contributed by atoms with van der Waals surface area (Å²) in [6.07, 6.45) is 2.03. The average Bonchev–Trinajstić information content (AvgIpc) is 2.31. The summed E-state index contributed by atoms with van der Waals surface area (Å²) in [7, 11) is 0. The largest absolute Gasteiger partial charge is 0.396 e. The molecule has 0 heterocycles. The van der Waals surface area contributed by atoms with Gasteiger partial charge < -0.3 is 9.84 Å². The lowest BCUT2D eigenvalue weighted by Crippen LogP contribution is -2.25. The van der Waals surface area contributed by atoms with Crippen LogP contribution in [0, 0.1) is 17.8 Å². The minimum absolute atomic E-state index is 0.244. The van der Waals surface area contributed by atoms with E-state index >= 15 is 0 Å². The summed E-state index contributed by atoms with van der Waals surface area (Å²) in [6.45, 7) is 11.6. The molecule has 3 heteroatoms. The zero-order valence-electron chi connectivity index (χ0n) is 11.3. The number of aliphatic hydroxyl groups is 1. The molecule has 0 aromatic heterocycles. The molecule has 0 aromatic carbocycles. The fourth-order valence-corrected chi connectivity index (χ4v) is 1.68. The van der Waals surface area contributed by atoms with Gasteiger partial charge in [0.1, 0.15) is 0 Å². The topological polar surface area (TPSA) is 41.5 Å². The molecule has 3 unspecified atom stereocenters. The van der Waals surface area contributed by atoms with Gasteiger partial charge >= 0.3 is 0 Å². The highest BCUT2D eigenvalue weighted by Gasteiger charge is 2.17. The van der Waals surface area contributed by atoms with E-state index in [1.54, 1.807) is 0 Å². The molecule has 0 aliphatic carbocycles. The van der Waals surface area contributed by atoms with Crippen LogP contribution in [0.3, 0.4) is 0 Å². The first-order valence-electron chi connectivity index (χ1n) is 6.52. The molecule has 0 saturated heterocycles. The van der Waals surface area contributed by atoms with Crippen molar-refractivity contribution in [2.24, 2.45) is 17.8 Å². The zero-order chi connectivity index (χ0) is 12.4. The minimum atomic E-state index is 0.244. The Morgan fingerprint density at radius 2 is 1.88 bits per heavy atom. The second-order valence-electron chi connectivity index (χ2n) is 4.81. The van der Waals surface area contributed by atoms with E-state index in [0.29, 0.717) is 18.6 Å². The lowest BCUT2D eigenvalue weighted by Gasteiger charge is -2.25. The Kier molecular flexibility index (Phi) is 9.99. The van der Waals surface area contributed by atoms with Crippen LogP contribution in [0.5, 0.6) is 0 Å². The molecule has 0 spiro atoms. The van der Waals surface area contributed by atoms with Gasteiger partial charge in [0, 0.05) is 6.61 Å². The second-order valence-corrected chi connectivity index (χ2v) is 4.81. The number of ether oxygens (including phenoxy) is 1. The molecule has 0 aromatic rings. The van der Waals surface area contributed by atoms with Crippen molar-refractivity contribution in [1.82, 2.24) is 5.32 Å². The summed E-state index contributed by atoms with van der Waals surface area (Å²) in [5.74, 6) is 2.08. The predicted octanol–water partition coefficient (Wildman–Crippen LogP) is 2.25. The van der Waals surface area contributed by atoms with E-state index in [1.807, 2.05) is 0 Å². The monoisotopic (exact) mass is 231 g/mol. The van der Waals surface area contributed by atoms with E-state index in [0.717, 1.165) is 25.5 Å². The fourth-order valence-electron chi connectivity index (χ4n) is 1.68. The number of rotatable bonds is 10. The molecule has 0 saturated carbocycles. The minimum Gasteiger partial charge on any atom is -0.396 e. The lowest BCUT2D eigenvalue weighted by molar-refractivity contribution is 0.0628. The smallest absolute Gasteiger partial charge is 0.0965 e. The van der Waals surface area contributed by atoms with Crippen LogP contribution in [0.25, 0.3) is 0 Å². The molecule has 0 amide bonds. The van der Waals surface area contributed by atoms with Crippen LogP contribution in [-0.4, -0.2) is 31.6 Å². The van der Waals surface area contributed by atoms with Crippen LogP contribution in [-0.2, 0) is 4.74 Å². The van der Waals surface area contributed by atoms with Gasteiger partial charge in [-0.3, -0.25) is 5.32 Å². The summed E-state index contributed by atoms with van der Waals surface area (Å²) < 4.78 is 5.57. The van der Waals surface area contributed by atoms with Crippen molar-refractivity contribution < 1.29 is 9.84 Å². The molecule has 0 fully saturated rings. The first-order valence-corrected chi connectivity index (χ1v) is 6.52. The molecular formula is C13H29NO2. The predicted molar refractivity (Wildman–Crippen MR) is 68.3 cm³/mol. The van der Waals surface area contributed by atoms with Crippen molar-refractivity contribution in [2.45, 2.75) is 40.5 Å². The summed E-state index contributed by atoms with van der Waals surface area (Å²) in [6, 6.07) is 0. The van der Waals surface area contributed by atoms with Gasteiger partial charge in [-0.2, -0.15) is 0 Å². The van der Waals surface area contributed by atoms with Gasteiger partial charge in [-0.05, 0) is 30.7 Å². The number of hydrogen-bond acceptors (Lipinski definition) is 3. The van der Waals surface area contributed by atoms with Gasteiger partial charge in [0.15, 0.2) is 0 Å². The molecule has 0 radical (unpaired) electrons. The normalized spacial score (nSPS) is 17.1. The van der Waals surface area contributed by atoms with Crippen molar-refractivity contribution in [1.29, 1.82) is 0 Å². The summed E-state index contributed by atoms with van der Waals surface area (Å²) in [5, 5.41) is 11.7. The molecule has 16 heavy (non-hydrogen) atoms. The highest BCUT2D eigenvalue weighted by molar-refractivity contribution is 4.66. The number of nitrogens with one attached hydrogen (secondary N) is 1. The van der Waals surface area contributed by atoms with Gasteiger partial charge in [0.25, 0.3) is 0 Å². The van der Waals surface area contributed by atoms with Crippen molar-refractivity contribution in [3.8, 4) is 0 Å². The molecule has 0 rings (SSSR count). The van der Waals surface area contributed by atoms with Crippen LogP contribution in [0.15, 0.2) is 0 Å². The van der Waals surface area contributed by atoms with Gasteiger partial charge in [0.05, 0.1) is 13.3 Å². The first-order chi connectivity index (χ1) is 7.63. The molecule has 0 aliphatic heterocycles. The maximum absolute atomic E-state index is 8.59. The summed E-state index contributed by atoms with van der Waals surface area (Å²) in [5.41, 5.74) is 0. The molecule has 3 nitrogen and oxygen atoms in total. The van der Waals surface area contributed by atoms with Crippen LogP contribution in [0.1, 0.15) is 40.5 Å². The first kappa shape index (κ1) is 15.9. The van der Waals surface area contributed by atoms with E-state index < -0.39 is 0 Å². The molecule has 2 N–H and O–H groups in total. The molecule has 3 atom stereocenters. The van der Waals surface area contributed by atoms with E-state index in [2.05, 4.69) is 33.0 Å². The Balaban J connectivity index is 3.45. The van der Waals surface area contributed by atoms with Crippen LogP contribution >= 0.6 is 0 Å². The van der Waals surface area contributed by atoms with Gasteiger partial charge in [-0.1, -0.05) is 34.1 Å². The molecular weight excluding hydrogens is 202 g/mol. The Bertz CT molecular complexity index is 153. The molecule has 0 aliphatic rings. The Hall–Kier alpha value is -0.120. The van der Waals surface area contributed by atoms with Gasteiger partial charge in [-0.25, -0.2) is 0 Å². The zero-order valence-corrected chi connectivity index (χ0v) is 11.3. The summed E-state index contributed by atoms with van der Waals surface area (Å²) >= 11 is 0. The van der Waals surface area contributed by atoms with E-state index in [4.69, 9.17) is 9.84 Å². The van der Waals surface area contributed by atoms with E-state index in [9.17, 15) is 0 Å². The highest BCUT2D eigenvalue weighted by Crippen LogP contribution is 2.22. The van der Waals surface area contributed by atoms with E-state index in [1.165, 1.54) is 6.42 Å². The maximum Gasteiger partial charge on any atom is 0.0965 e. The Morgan fingerprint density at radius 1 is 1.19 bits per heavy atom. The lowest BCUT2D eigenvalue weighted by atomic mass is 9.84. The quantitative estimate of drug-likeness (QED) is 0.447. The highest BCUT2D eigenvalue weighted by atomic mass is 16.5. The summed E-state index contributed by atoms with van der Waals surface area (Å²) in [4.78, 5) is 0. The fraction of sp³-hybridized carbons (Fsp3) is 1.00. The average molecular weight is 231 g/mol. The number of hydrogen-bond donors (Lipinski definition) is 2. The van der Waals surface area contributed by atoms with Crippen LogP contribution in [0.2, 0.25) is 0 Å². The van der Waals surface area contributed by atoms with Gasteiger partial charge in [0.2, 0.25) is 0 Å². The van der Waals surface area contributed by atoms with Crippen LogP contribution in [0.4, 0.5) is 0 Å². The van der Waals surface area contributed by atoms with Gasteiger partial charge in [-0.15, -0.1) is 0 Å². The number of aliphatic hydroxyl groups excluding tert-OH is 1. The molecule has 98 valence electrons. The van der Waals surface area contributed by atoms with Crippen molar-refractivity contribution in [2.75, 3.05) is 26.5 Å². The third kappa shape index (κ3) is 7.20. The molecule has 0 bridgehead atoms. The van der Waals surface area contributed by atoms with E-state index in [-0.39, 0.29) is 6.61 Å². The van der Waals surface area contributed by atoms with Crippen molar-refractivity contribution >= 4 is 0 Å². The third-order valence-electron chi connectivity index (χ3n) is 3.54. The third-order valence-corrected chi connectivity index (χ3v) is 3.54. The SMILES string of the molecule is CCC(C)C(C)C(C)COCNCCCO. The van der Waals surface area contributed by atoms with Crippen LogP contribution < -0.4 is 5.32 Å². The standard InChI is InChI=1S/C13H29NO2/c1-5-11(2)13(4)12(3)9-16-10-14-7-6-8-15/h11-15H,5-10H2,1-4H3. The second kappa shape index (κ2) is 10.1. The van der Waals surface area contributed by atoms with Crippen molar-refractivity contribution in [3.63, 3.8) is 0 Å².